The summed E-state index contributed by atoms with van der Waals surface area (Å²) in [5, 5.41) is 9.90. The smallest absolute Gasteiger partial charge is 0.257 e. The molecule has 1 saturated heterocycles. The SMILES string of the molecule is COc1ccc(O)c(C(=O)N2CCCC(C)(C)CC2)c1. The van der Waals surface area contributed by atoms with Crippen molar-refractivity contribution in [2.45, 2.75) is 33.1 Å². The molecule has 0 atom stereocenters. The minimum Gasteiger partial charge on any atom is -0.507 e. The molecule has 1 N–H and O–H groups in total. The Balaban J connectivity index is 2.18. The van der Waals surface area contributed by atoms with Crippen molar-refractivity contribution in [3.05, 3.63) is 23.8 Å². The summed E-state index contributed by atoms with van der Waals surface area (Å²) in [6, 6.07) is 4.76. The van der Waals surface area contributed by atoms with Gasteiger partial charge < -0.3 is 14.7 Å². The van der Waals surface area contributed by atoms with Gasteiger partial charge in [0.25, 0.3) is 5.91 Å². The first kappa shape index (κ1) is 14.7. The molecule has 1 amide bonds. The third-order valence-electron chi connectivity index (χ3n) is 4.06. The van der Waals surface area contributed by atoms with Gasteiger partial charge in [0.1, 0.15) is 11.5 Å². The number of methoxy groups -OCH3 is 1. The van der Waals surface area contributed by atoms with Crippen LogP contribution in [0, 0.1) is 5.41 Å². The van der Waals surface area contributed by atoms with Crippen molar-refractivity contribution in [3.63, 3.8) is 0 Å². The van der Waals surface area contributed by atoms with Crippen LogP contribution in [0.5, 0.6) is 11.5 Å². The molecule has 0 aromatic heterocycles. The molecule has 1 heterocycles. The minimum atomic E-state index is -0.112. The molecule has 1 fully saturated rings. The summed E-state index contributed by atoms with van der Waals surface area (Å²) < 4.78 is 5.12. The second-order valence-corrected chi connectivity index (χ2v) is 6.19. The summed E-state index contributed by atoms with van der Waals surface area (Å²) in [5.74, 6) is 0.486. The number of ether oxygens (including phenoxy) is 1. The van der Waals surface area contributed by atoms with Gasteiger partial charge in [-0.1, -0.05) is 13.8 Å². The highest BCUT2D eigenvalue weighted by Gasteiger charge is 2.27. The highest BCUT2D eigenvalue weighted by atomic mass is 16.5. The summed E-state index contributed by atoms with van der Waals surface area (Å²) in [5.41, 5.74) is 0.606. The number of carbonyl (C=O) groups excluding carboxylic acids is 1. The number of rotatable bonds is 2. The minimum absolute atomic E-state index is 0.0132. The van der Waals surface area contributed by atoms with E-state index in [0.717, 1.165) is 32.4 Å². The highest BCUT2D eigenvalue weighted by molar-refractivity contribution is 5.97. The Morgan fingerprint density at radius 2 is 2.05 bits per heavy atom. The third-order valence-corrected chi connectivity index (χ3v) is 4.06. The lowest BCUT2D eigenvalue weighted by Gasteiger charge is -2.23. The molecule has 2 rings (SSSR count). The number of benzene rings is 1. The zero-order valence-electron chi connectivity index (χ0n) is 12.5. The normalized spacial score (nSPS) is 18.4. The fraction of sp³-hybridized carbons (Fsp3) is 0.562. The van der Waals surface area contributed by atoms with Gasteiger partial charge in [0.2, 0.25) is 0 Å². The summed E-state index contributed by atoms with van der Waals surface area (Å²) in [4.78, 5) is 14.4. The summed E-state index contributed by atoms with van der Waals surface area (Å²) in [6.07, 6.45) is 3.12. The van der Waals surface area contributed by atoms with Crippen LogP contribution in [0.4, 0.5) is 0 Å². The lowest BCUT2D eigenvalue weighted by atomic mass is 9.85. The Morgan fingerprint density at radius 1 is 1.30 bits per heavy atom. The van der Waals surface area contributed by atoms with E-state index < -0.39 is 0 Å². The molecule has 0 radical (unpaired) electrons. The van der Waals surface area contributed by atoms with Gasteiger partial charge in [-0.2, -0.15) is 0 Å². The largest absolute Gasteiger partial charge is 0.507 e. The van der Waals surface area contributed by atoms with E-state index in [9.17, 15) is 9.90 Å². The van der Waals surface area contributed by atoms with E-state index >= 15 is 0 Å². The van der Waals surface area contributed by atoms with Crippen LogP contribution in [0.3, 0.4) is 0 Å². The van der Waals surface area contributed by atoms with E-state index in [1.807, 2.05) is 4.90 Å². The van der Waals surface area contributed by atoms with E-state index in [1.165, 1.54) is 6.07 Å². The molecule has 0 bridgehead atoms. The molecule has 20 heavy (non-hydrogen) atoms. The molecule has 1 aliphatic heterocycles. The maximum absolute atomic E-state index is 12.6. The number of phenolic OH excluding ortho intramolecular Hbond substituents is 1. The van der Waals surface area contributed by atoms with E-state index in [-0.39, 0.29) is 17.1 Å². The lowest BCUT2D eigenvalue weighted by Crippen LogP contribution is -2.32. The predicted molar refractivity (Wildman–Crippen MR) is 78.2 cm³/mol. The van der Waals surface area contributed by atoms with Crippen molar-refractivity contribution < 1.29 is 14.6 Å². The Kier molecular flexibility index (Phi) is 4.21. The predicted octanol–water partition coefficient (Wildman–Crippen LogP) is 3.05. The number of aromatic hydroxyl groups is 1. The van der Waals surface area contributed by atoms with Gasteiger partial charge in [-0.15, -0.1) is 0 Å². The third kappa shape index (κ3) is 3.24. The van der Waals surface area contributed by atoms with Crippen LogP contribution in [-0.4, -0.2) is 36.1 Å². The van der Waals surface area contributed by atoms with Crippen molar-refractivity contribution in [1.82, 2.24) is 4.90 Å². The van der Waals surface area contributed by atoms with Gasteiger partial charge in [-0.25, -0.2) is 0 Å². The number of phenols is 1. The Hall–Kier alpha value is -1.71. The van der Waals surface area contributed by atoms with Crippen LogP contribution < -0.4 is 4.74 Å². The maximum atomic E-state index is 12.6. The standard InChI is InChI=1S/C16H23NO3/c1-16(2)7-4-9-17(10-8-16)15(19)13-11-12(20-3)5-6-14(13)18/h5-6,11,18H,4,7-10H2,1-3H3. The zero-order valence-corrected chi connectivity index (χ0v) is 12.5. The summed E-state index contributed by atoms with van der Waals surface area (Å²) in [6.45, 7) is 5.97. The molecular formula is C16H23NO3. The quantitative estimate of drug-likeness (QED) is 0.904. The van der Waals surface area contributed by atoms with Crippen molar-refractivity contribution >= 4 is 5.91 Å². The van der Waals surface area contributed by atoms with Gasteiger partial charge in [0.15, 0.2) is 0 Å². The number of hydrogen-bond acceptors (Lipinski definition) is 3. The summed E-state index contributed by atoms with van der Waals surface area (Å²) >= 11 is 0. The molecular weight excluding hydrogens is 254 g/mol. The molecule has 0 saturated carbocycles. The number of hydrogen-bond donors (Lipinski definition) is 1. The van der Waals surface area contributed by atoms with Gasteiger partial charge >= 0.3 is 0 Å². The van der Waals surface area contributed by atoms with Gasteiger partial charge in [-0.3, -0.25) is 4.79 Å². The lowest BCUT2D eigenvalue weighted by molar-refractivity contribution is 0.0754. The topological polar surface area (TPSA) is 49.8 Å². The number of amides is 1. The molecule has 1 aromatic rings. The van der Waals surface area contributed by atoms with Crippen LogP contribution in [0.15, 0.2) is 18.2 Å². The van der Waals surface area contributed by atoms with E-state index in [1.54, 1.807) is 19.2 Å². The zero-order chi connectivity index (χ0) is 14.8. The van der Waals surface area contributed by atoms with Crippen molar-refractivity contribution in [2.75, 3.05) is 20.2 Å². The second-order valence-electron chi connectivity index (χ2n) is 6.19. The number of nitrogens with zero attached hydrogens (tertiary/aromatic N) is 1. The fourth-order valence-electron chi connectivity index (χ4n) is 2.61. The van der Waals surface area contributed by atoms with E-state index in [0.29, 0.717) is 11.3 Å². The van der Waals surface area contributed by atoms with Crippen LogP contribution in [-0.2, 0) is 0 Å². The Morgan fingerprint density at radius 3 is 2.75 bits per heavy atom. The van der Waals surface area contributed by atoms with Crippen molar-refractivity contribution in [2.24, 2.45) is 5.41 Å². The van der Waals surface area contributed by atoms with E-state index in [4.69, 9.17) is 4.74 Å². The fourth-order valence-corrected chi connectivity index (χ4v) is 2.61. The Bertz CT molecular complexity index is 496. The van der Waals surface area contributed by atoms with Gasteiger partial charge in [-0.05, 0) is 42.9 Å². The molecule has 0 aliphatic carbocycles. The molecule has 4 heteroatoms. The first-order valence-corrected chi connectivity index (χ1v) is 7.09. The molecule has 1 aromatic carbocycles. The van der Waals surface area contributed by atoms with Gasteiger partial charge in [0.05, 0.1) is 12.7 Å². The first-order chi connectivity index (χ1) is 9.43. The van der Waals surface area contributed by atoms with Gasteiger partial charge in [0, 0.05) is 13.1 Å². The first-order valence-electron chi connectivity index (χ1n) is 7.09. The molecule has 110 valence electrons. The molecule has 0 spiro atoms. The van der Waals surface area contributed by atoms with Crippen LogP contribution in [0.1, 0.15) is 43.5 Å². The molecule has 0 unspecified atom stereocenters. The monoisotopic (exact) mass is 277 g/mol. The van der Waals surface area contributed by atoms with Crippen molar-refractivity contribution in [1.29, 1.82) is 0 Å². The highest BCUT2D eigenvalue weighted by Crippen LogP contribution is 2.31. The average molecular weight is 277 g/mol. The van der Waals surface area contributed by atoms with Crippen molar-refractivity contribution in [3.8, 4) is 11.5 Å². The number of carbonyl (C=O) groups is 1. The molecule has 4 nitrogen and oxygen atoms in total. The van der Waals surface area contributed by atoms with E-state index in [2.05, 4.69) is 13.8 Å². The van der Waals surface area contributed by atoms with Crippen LogP contribution in [0.2, 0.25) is 0 Å². The van der Waals surface area contributed by atoms with Crippen LogP contribution in [0.25, 0.3) is 0 Å². The second kappa shape index (κ2) is 5.73. The number of likely N-dealkylation sites (tertiary alicyclic amines) is 1. The average Bonchev–Trinajstić information content (AvgIpc) is 2.59. The maximum Gasteiger partial charge on any atom is 0.257 e. The van der Waals surface area contributed by atoms with Crippen LogP contribution >= 0.6 is 0 Å². The Labute approximate surface area is 120 Å². The summed E-state index contributed by atoms with van der Waals surface area (Å²) in [7, 11) is 1.55. The molecule has 1 aliphatic rings.